The van der Waals surface area contributed by atoms with E-state index < -0.39 is 10.1 Å². The van der Waals surface area contributed by atoms with Crippen LogP contribution in [0.3, 0.4) is 0 Å². The fourth-order valence-corrected chi connectivity index (χ4v) is 1.40. The van der Waals surface area contributed by atoms with Crippen molar-refractivity contribution < 1.29 is 13.0 Å². The molecule has 1 N–H and O–H groups in total. The van der Waals surface area contributed by atoms with Crippen molar-refractivity contribution in [3.8, 4) is 0 Å². The normalized spacial score (nSPS) is 10.4. The van der Waals surface area contributed by atoms with Gasteiger partial charge in [0.05, 0.1) is 0 Å². The van der Waals surface area contributed by atoms with Crippen molar-refractivity contribution in [1.29, 1.82) is 0 Å². The monoisotopic (exact) mass is 292 g/mol. The third kappa shape index (κ3) is 4.74. The molecule has 0 heterocycles. The summed E-state index contributed by atoms with van der Waals surface area (Å²) < 4.78 is 29.2. The fraction of sp³-hybridized carbons (Fsp3) is 0.143. The van der Waals surface area contributed by atoms with Crippen LogP contribution < -0.4 is 0 Å². The Hall–Kier alpha value is -0.0713. The van der Waals surface area contributed by atoms with Crippen LogP contribution in [-0.4, -0.2) is 36.9 Å². The Morgan fingerprint density at radius 1 is 1.17 bits per heavy atom. The van der Waals surface area contributed by atoms with E-state index in [4.69, 9.17) is 4.55 Å². The molecule has 12 heavy (non-hydrogen) atoms. The molecule has 0 bridgehead atoms. The third-order valence-corrected chi connectivity index (χ3v) is 1.89. The number of hydrogen-bond donors (Lipinski definition) is 1. The maximum absolute atomic E-state index is 10.4. The van der Waals surface area contributed by atoms with Crippen molar-refractivity contribution in [2.24, 2.45) is 0 Å². The molecule has 0 aliphatic heterocycles. The molecular weight excluding hydrogens is 283 g/mol. The van der Waals surface area contributed by atoms with Gasteiger partial charge in [0, 0.05) is 23.9 Å². The Labute approximate surface area is 88.5 Å². The number of rotatable bonds is 2. The summed E-state index contributed by atoms with van der Waals surface area (Å²) in [6.45, 7) is 0. The summed E-state index contributed by atoms with van der Waals surface area (Å²) in [5.41, 5.74) is 0.593. The van der Waals surface area contributed by atoms with Crippen molar-refractivity contribution in [2.75, 3.05) is 0 Å². The number of benzene rings is 1. The predicted octanol–water partition coefficient (Wildman–Crippen LogP) is 0.694. The maximum atomic E-state index is 10.4. The van der Waals surface area contributed by atoms with Gasteiger partial charge in [-0.1, -0.05) is 30.3 Å². The summed E-state index contributed by atoms with van der Waals surface area (Å²) in [5, 5.41) is 0. The smallest absolute Gasteiger partial charge is 0.269 e. The van der Waals surface area contributed by atoms with E-state index in [1.165, 1.54) is 0 Å². The first kappa shape index (κ1) is 11.9. The minimum Gasteiger partial charge on any atom is -0.285 e. The molecule has 0 unspecified atom stereocenters. The van der Waals surface area contributed by atoms with E-state index in [0.29, 0.717) is 5.56 Å². The van der Waals surface area contributed by atoms with Gasteiger partial charge in [-0.25, -0.2) is 0 Å². The predicted molar refractivity (Wildman–Crippen MR) is 47.4 cm³/mol. The van der Waals surface area contributed by atoms with Crippen molar-refractivity contribution >= 4 is 34.0 Å². The van der Waals surface area contributed by atoms with Crippen molar-refractivity contribution in [2.45, 2.75) is 5.75 Å². The van der Waals surface area contributed by atoms with Crippen LogP contribution in [0.25, 0.3) is 0 Å². The van der Waals surface area contributed by atoms with E-state index in [-0.39, 0.29) is 29.7 Å². The van der Waals surface area contributed by atoms with Crippen LogP contribution in [0.2, 0.25) is 0 Å². The Kier molecular flexibility index (Phi) is 4.81. The second kappa shape index (κ2) is 4.83. The van der Waals surface area contributed by atoms with Gasteiger partial charge in [-0.2, -0.15) is 8.42 Å². The largest absolute Gasteiger partial charge is 0.285 e. The minimum atomic E-state index is -3.88. The first-order valence-electron chi connectivity index (χ1n) is 3.07. The maximum Gasteiger partial charge on any atom is 0.269 e. The molecule has 0 saturated heterocycles. The standard InChI is InChI=1S/C7H8O3S.Sn/c8-11(9,10)6-7-4-2-1-3-5-7;/h1-5H,6H2,(H,8,9,10);. The quantitative estimate of drug-likeness (QED) is 0.644. The number of hydrogen-bond acceptors (Lipinski definition) is 2. The molecule has 0 aliphatic rings. The first-order chi connectivity index (χ1) is 5.08. The van der Waals surface area contributed by atoms with E-state index in [1.54, 1.807) is 30.3 Å². The van der Waals surface area contributed by atoms with Crippen LogP contribution in [-0.2, 0) is 15.9 Å². The Balaban J connectivity index is 0.00000121. The summed E-state index contributed by atoms with van der Waals surface area (Å²) in [6, 6.07) is 8.52. The second-order valence-corrected chi connectivity index (χ2v) is 3.66. The van der Waals surface area contributed by atoms with E-state index in [0.717, 1.165) is 0 Å². The van der Waals surface area contributed by atoms with Gasteiger partial charge in [-0.05, 0) is 5.56 Å². The van der Waals surface area contributed by atoms with Crippen molar-refractivity contribution in [3.05, 3.63) is 35.9 Å². The van der Waals surface area contributed by atoms with Gasteiger partial charge in [-0.3, -0.25) is 4.55 Å². The average molecular weight is 291 g/mol. The summed E-state index contributed by atoms with van der Waals surface area (Å²) in [7, 11) is -3.88. The van der Waals surface area contributed by atoms with Gasteiger partial charge in [-0.15, -0.1) is 0 Å². The molecule has 1 rings (SSSR count). The summed E-state index contributed by atoms with van der Waals surface area (Å²) >= 11 is 0. The second-order valence-electron chi connectivity index (χ2n) is 2.21. The van der Waals surface area contributed by atoms with Crippen molar-refractivity contribution in [1.82, 2.24) is 0 Å². The fourth-order valence-electron chi connectivity index (χ4n) is 0.785. The molecule has 64 valence electrons. The van der Waals surface area contributed by atoms with Crippen LogP contribution in [0.5, 0.6) is 0 Å². The summed E-state index contributed by atoms with van der Waals surface area (Å²) in [6.07, 6.45) is 0. The van der Waals surface area contributed by atoms with Crippen LogP contribution in [0.15, 0.2) is 30.3 Å². The molecule has 3 nitrogen and oxygen atoms in total. The van der Waals surface area contributed by atoms with Crippen molar-refractivity contribution in [3.63, 3.8) is 0 Å². The molecule has 1 aromatic carbocycles. The van der Waals surface area contributed by atoms with Crippen LogP contribution >= 0.6 is 0 Å². The van der Waals surface area contributed by atoms with Gasteiger partial charge < -0.3 is 0 Å². The van der Waals surface area contributed by atoms with E-state index >= 15 is 0 Å². The molecule has 0 fully saturated rings. The summed E-state index contributed by atoms with van der Waals surface area (Å²) in [4.78, 5) is 0. The molecule has 1 aromatic rings. The van der Waals surface area contributed by atoms with Crippen LogP contribution in [0, 0.1) is 0 Å². The Morgan fingerprint density at radius 3 is 2.08 bits per heavy atom. The molecule has 0 saturated carbocycles. The van der Waals surface area contributed by atoms with Crippen LogP contribution in [0.1, 0.15) is 5.56 Å². The van der Waals surface area contributed by atoms with E-state index in [2.05, 4.69) is 0 Å². The molecule has 0 aliphatic carbocycles. The zero-order valence-electron chi connectivity index (χ0n) is 6.27. The Bertz CT molecular complexity index is 320. The van der Waals surface area contributed by atoms with E-state index in [1.807, 2.05) is 0 Å². The molecular formula is C7H8O3SSn. The van der Waals surface area contributed by atoms with Gasteiger partial charge >= 0.3 is 0 Å². The average Bonchev–Trinajstić information content (AvgIpc) is 1.85. The van der Waals surface area contributed by atoms with Gasteiger partial charge in [0.1, 0.15) is 5.75 Å². The Morgan fingerprint density at radius 2 is 1.67 bits per heavy atom. The summed E-state index contributed by atoms with van der Waals surface area (Å²) in [5.74, 6) is -0.312. The molecule has 0 spiro atoms. The van der Waals surface area contributed by atoms with Gasteiger partial charge in [0.25, 0.3) is 10.1 Å². The van der Waals surface area contributed by atoms with Gasteiger partial charge in [0.15, 0.2) is 0 Å². The molecule has 5 heteroatoms. The first-order valence-corrected chi connectivity index (χ1v) is 4.68. The zero-order chi connectivity index (χ0) is 8.32. The zero-order valence-corrected chi connectivity index (χ0v) is 9.94. The SMILES string of the molecule is O=S(=O)(O)Cc1ccccc1.[Sn]. The molecule has 4 radical (unpaired) electrons. The molecule has 0 atom stereocenters. The van der Waals surface area contributed by atoms with Crippen LogP contribution in [0.4, 0.5) is 0 Å². The molecule has 0 amide bonds. The topological polar surface area (TPSA) is 54.4 Å². The van der Waals surface area contributed by atoms with Gasteiger partial charge in [0.2, 0.25) is 0 Å². The molecule has 0 aromatic heterocycles. The van der Waals surface area contributed by atoms with E-state index in [9.17, 15) is 8.42 Å². The minimum absolute atomic E-state index is 0. The third-order valence-electron chi connectivity index (χ3n) is 1.19.